The molecule has 0 radical (unpaired) electrons. The highest BCUT2D eigenvalue weighted by Crippen LogP contribution is 2.19. The van der Waals surface area contributed by atoms with E-state index in [-0.39, 0.29) is 6.10 Å². The normalized spacial score (nSPS) is 12.4. The molecule has 0 aliphatic heterocycles. The first-order chi connectivity index (χ1) is 9.22. The summed E-state index contributed by atoms with van der Waals surface area (Å²) < 4.78 is 7.30. The number of hydrogen-bond acceptors (Lipinski definition) is 2. The number of hydrogen-bond donors (Lipinski definition) is 1. The van der Waals surface area contributed by atoms with Gasteiger partial charge in [0.25, 0.3) is 0 Å². The zero-order valence-corrected chi connectivity index (χ0v) is 11.5. The third kappa shape index (κ3) is 3.61. The number of methoxy groups -OCH3 is 1. The summed E-state index contributed by atoms with van der Waals surface area (Å²) in [7, 11) is 1.67. The van der Waals surface area contributed by atoms with Crippen molar-refractivity contribution in [1.29, 1.82) is 0 Å². The van der Waals surface area contributed by atoms with Gasteiger partial charge in [-0.2, -0.15) is 0 Å². The molecule has 0 saturated carbocycles. The van der Waals surface area contributed by atoms with Crippen molar-refractivity contribution < 1.29 is 9.84 Å². The fraction of sp³-hybridized carbons (Fsp3) is 0.375. The Balaban J connectivity index is 2.06. The molecule has 2 aromatic rings. The van der Waals surface area contributed by atoms with Gasteiger partial charge in [0, 0.05) is 18.9 Å². The first-order valence-electron chi connectivity index (χ1n) is 6.69. The summed E-state index contributed by atoms with van der Waals surface area (Å²) in [5, 5.41) is 9.95. The summed E-state index contributed by atoms with van der Waals surface area (Å²) >= 11 is 0. The van der Waals surface area contributed by atoms with Crippen molar-refractivity contribution in [1.82, 2.24) is 4.57 Å². The average molecular weight is 259 g/mol. The van der Waals surface area contributed by atoms with Gasteiger partial charge in [0.15, 0.2) is 0 Å². The molecule has 0 spiro atoms. The van der Waals surface area contributed by atoms with Gasteiger partial charge >= 0.3 is 0 Å². The molecule has 0 fully saturated rings. The fourth-order valence-corrected chi connectivity index (χ4v) is 2.18. The van der Waals surface area contributed by atoms with E-state index >= 15 is 0 Å². The van der Waals surface area contributed by atoms with Gasteiger partial charge in [-0.25, -0.2) is 0 Å². The van der Waals surface area contributed by atoms with Crippen molar-refractivity contribution >= 4 is 0 Å². The average Bonchev–Trinajstić information content (AvgIpc) is 2.88. The lowest BCUT2D eigenvalue weighted by Crippen LogP contribution is -1.98. The highest BCUT2D eigenvalue weighted by atomic mass is 16.5. The Hall–Kier alpha value is -1.74. The van der Waals surface area contributed by atoms with Crippen molar-refractivity contribution in [2.75, 3.05) is 7.11 Å². The van der Waals surface area contributed by atoms with E-state index in [9.17, 15) is 5.11 Å². The van der Waals surface area contributed by atoms with E-state index in [2.05, 4.69) is 17.6 Å². The predicted molar refractivity (Wildman–Crippen MR) is 76.4 cm³/mol. The van der Waals surface area contributed by atoms with Crippen LogP contribution < -0.4 is 4.74 Å². The summed E-state index contributed by atoms with van der Waals surface area (Å²) in [6.45, 7) is 2.87. The summed E-state index contributed by atoms with van der Waals surface area (Å²) in [5.74, 6) is 0.871. The van der Waals surface area contributed by atoms with Crippen molar-refractivity contribution in [3.8, 4) is 5.75 Å². The molecule has 2 rings (SSSR count). The van der Waals surface area contributed by atoms with Crippen molar-refractivity contribution in [2.24, 2.45) is 0 Å². The van der Waals surface area contributed by atoms with E-state index in [4.69, 9.17) is 4.74 Å². The minimum atomic E-state index is -0.350. The van der Waals surface area contributed by atoms with Gasteiger partial charge in [0.2, 0.25) is 0 Å². The van der Waals surface area contributed by atoms with Crippen LogP contribution in [0.5, 0.6) is 5.75 Å². The van der Waals surface area contributed by atoms with E-state index in [1.807, 2.05) is 36.7 Å². The number of aliphatic hydroxyl groups is 1. The van der Waals surface area contributed by atoms with Crippen molar-refractivity contribution in [2.45, 2.75) is 32.4 Å². The molecule has 0 aliphatic rings. The quantitative estimate of drug-likeness (QED) is 0.863. The maximum absolute atomic E-state index is 9.95. The topological polar surface area (TPSA) is 34.4 Å². The summed E-state index contributed by atoms with van der Waals surface area (Å²) in [6.07, 6.45) is 5.47. The molecule has 1 aromatic carbocycles. The maximum atomic E-state index is 9.95. The first-order valence-corrected chi connectivity index (χ1v) is 6.69. The van der Waals surface area contributed by atoms with Crippen LogP contribution in [0.15, 0.2) is 42.7 Å². The monoisotopic (exact) mass is 259 g/mol. The van der Waals surface area contributed by atoms with Gasteiger partial charge in [0.1, 0.15) is 5.75 Å². The minimum Gasteiger partial charge on any atom is -0.497 e. The third-order valence-corrected chi connectivity index (χ3v) is 3.22. The molecule has 19 heavy (non-hydrogen) atoms. The molecule has 3 heteroatoms. The van der Waals surface area contributed by atoms with Gasteiger partial charge in [-0.15, -0.1) is 0 Å². The molecule has 1 aromatic heterocycles. The number of aromatic nitrogens is 1. The Morgan fingerprint density at radius 1 is 1.32 bits per heavy atom. The lowest BCUT2D eigenvalue weighted by molar-refractivity contribution is 0.166. The number of aliphatic hydroxyl groups excluding tert-OH is 1. The van der Waals surface area contributed by atoms with E-state index < -0.39 is 0 Å². The second-order valence-corrected chi connectivity index (χ2v) is 4.77. The Kier molecular flexibility index (Phi) is 4.63. The van der Waals surface area contributed by atoms with Gasteiger partial charge < -0.3 is 14.4 Å². The number of ether oxygens (including phenoxy) is 1. The smallest absolute Gasteiger partial charge is 0.119 e. The van der Waals surface area contributed by atoms with E-state index in [1.165, 1.54) is 5.56 Å². The Labute approximate surface area is 114 Å². The molecule has 0 bridgehead atoms. The zero-order valence-electron chi connectivity index (χ0n) is 11.5. The molecule has 1 heterocycles. The van der Waals surface area contributed by atoms with Crippen LogP contribution in [0.25, 0.3) is 0 Å². The Morgan fingerprint density at radius 2 is 2.16 bits per heavy atom. The number of rotatable bonds is 6. The largest absolute Gasteiger partial charge is 0.497 e. The number of benzene rings is 1. The minimum absolute atomic E-state index is 0.350. The van der Waals surface area contributed by atoms with Crippen LogP contribution in [-0.2, 0) is 6.54 Å². The summed E-state index contributed by atoms with van der Waals surface area (Å²) in [5.41, 5.74) is 2.18. The van der Waals surface area contributed by atoms with Crippen LogP contribution >= 0.6 is 0 Å². The van der Waals surface area contributed by atoms with E-state index in [0.717, 1.165) is 30.7 Å². The van der Waals surface area contributed by atoms with Crippen molar-refractivity contribution in [3.63, 3.8) is 0 Å². The molecule has 1 atom stereocenters. The molecule has 0 amide bonds. The molecule has 1 N–H and O–H groups in total. The molecule has 3 nitrogen and oxygen atoms in total. The van der Waals surface area contributed by atoms with Crippen LogP contribution in [0, 0.1) is 0 Å². The lowest BCUT2D eigenvalue weighted by atomic mass is 10.1. The van der Waals surface area contributed by atoms with Crippen molar-refractivity contribution in [3.05, 3.63) is 53.9 Å². The zero-order chi connectivity index (χ0) is 13.7. The second kappa shape index (κ2) is 6.43. The van der Waals surface area contributed by atoms with Gasteiger partial charge in [0.05, 0.1) is 13.2 Å². The van der Waals surface area contributed by atoms with Gasteiger partial charge in [-0.3, -0.25) is 0 Å². The highest BCUT2D eigenvalue weighted by molar-refractivity contribution is 5.29. The van der Waals surface area contributed by atoms with E-state index in [1.54, 1.807) is 7.11 Å². The molecular formula is C16H21NO2. The summed E-state index contributed by atoms with van der Waals surface area (Å²) in [4.78, 5) is 0. The maximum Gasteiger partial charge on any atom is 0.119 e. The molecule has 0 aliphatic carbocycles. The van der Waals surface area contributed by atoms with Gasteiger partial charge in [-0.05, 0) is 35.7 Å². The van der Waals surface area contributed by atoms with Gasteiger partial charge in [-0.1, -0.05) is 25.5 Å². The Bertz CT molecular complexity index is 519. The Morgan fingerprint density at radius 3 is 2.89 bits per heavy atom. The fourth-order valence-electron chi connectivity index (χ4n) is 2.18. The highest BCUT2D eigenvalue weighted by Gasteiger charge is 2.08. The van der Waals surface area contributed by atoms with E-state index in [0.29, 0.717) is 0 Å². The summed E-state index contributed by atoms with van der Waals surface area (Å²) in [6, 6.07) is 10.0. The van der Waals surface area contributed by atoms with Crippen LogP contribution in [0.2, 0.25) is 0 Å². The van der Waals surface area contributed by atoms with Crippen LogP contribution in [0.4, 0.5) is 0 Å². The first kappa shape index (κ1) is 13.7. The molecule has 102 valence electrons. The second-order valence-electron chi connectivity index (χ2n) is 4.77. The molecular weight excluding hydrogens is 238 g/mol. The van der Waals surface area contributed by atoms with Crippen LogP contribution in [-0.4, -0.2) is 16.8 Å². The third-order valence-electron chi connectivity index (χ3n) is 3.22. The van der Waals surface area contributed by atoms with Crippen LogP contribution in [0.3, 0.4) is 0 Å². The molecule has 1 unspecified atom stereocenters. The lowest BCUT2D eigenvalue weighted by Gasteiger charge is -2.07. The molecule has 0 saturated heterocycles. The standard InChI is InChI=1S/C16H21NO2/c1-3-5-16(18)14-8-9-17(12-14)11-13-6-4-7-15(10-13)19-2/h4,6-10,12,16,18H,3,5,11H2,1-2H3. The number of nitrogens with zero attached hydrogens (tertiary/aromatic N) is 1. The SMILES string of the molecule is CCCC(O)c1ccn(Cc2cccc(OC)c2)c1. The van der Waals surface area contributed by atoms with Crippen LogP contribution in [0.1, 0.15) is 37.0 Å². The predicted octanol–water partition coefficient (Wildman–Crippen LogP) is 3.38.